The van der Waals surface area contributed by atoms with Crippen LogP contribution in [0.25, 0.3) is 0 Å². The van der Waals surface area contributed by atoms with E-state index in [1.165, 1.54) is 12.1 Å². The minimum Gasteiger partial charge on any atom is -0.467 e. The van der Waals surface area contributed by atoms with Gasteiger partial charge in [0.25, 0.3) is 17.7 Å². The Bertz CT molecular complexity index is 1070. The fourth-order valence-electron chi connectivity index (χ4n) is 5.12. The minimum atomic E-state index is -1.06. The Morgan fingerprint density at radius 3 is 2.09 bits per heavy atom. The van der Waals surface area contributed by atoms with E-state index in [2.05, 4.69) is 0 Å². The topological polar surface area (TPSA) is 87.2 Å². The normalized spacial score (nSPS) is 25.5. The van der Waals surface area contributed by atoms with Gasteiger partial charge < -0.3 is 4.74 Å². The number of hydrogen-bond acceptors (Lipinski definition) is 6. The first-order chi connectivity index (χ1) is 15.5. The first-order valence-electron chi connectivity index (χ1n) is 10.7. The summed E-state index contributed by atoms with van der Waals surface area (Å²) < 4.78 is 4.93. The Hall–Kier alpha value is -3.52. The van der Waals surface area contributed by atoms with Crippen molar-refractivity contribution in [2.24, 2.45) is 0 Å². The molecule has 3 heterocycles. The van der Waals surface area contributed by atoms with E-state index in [1.54, 1.807) is 24.3 Å². The zero-order valence-corrected chi connectivity index (χ0v) is 17.6. The lowest BCUT2D eigenvalue weighted by Crippen LogP contribution is -2.57. The van der Waals surface area contributed by atoms with Crippen LogP contribution in [0.2, 0.25) is 0 Å². The Morgan fingerprint density at radius 1 is 0.875 bits per heavy atom. The standard InChI is InChI=1S/C24H23N3O5/c1-32-24(31)19-12-14-25-13-11-16(15-7-3-2-4-8-15)20(23(30)27(19)25)26-21(28)17-9-5-6-10-18(17)22(26)29/h2-10,16,19-20H,11-14H2,1H3/t16-,19-,20-/m0/s1. The summed E-state index contributed by atoms with van der Waals surface area (Å²) in [6, 6.07) is 14.2. The summed E-state index contributed by atoms with van der Waals surface area (Å²) in [7, 11) is 1.29. The molecule has 0 unspecified atom stereocenters. The number of methoxy groups -OCH3 is 1. The molecule has 3 aliphatic heterocycles. The third-order valence-corrected chi connectivity index (χ3v) is 6.62. The van der Waals surface area contributed by atoms with E-state index in [1.807, 2.05) is 35.3 Å². The summed E-state index contributed by atoms with van der Waals surface area (Å²) in [5.74, 6) is -2.28. The van der Waals surface area contributed by atoms with Crippen LogP contribution in [-0.4, -0.2) is 70.9 Å². The summed E-state index contributed by atoms with van der Waals surface area (Å²) in [5.41, 5.74) is 1.47. The van der Waals surface area contributed by atoms with Gasteiger partial charge in [0.15, 0.2) is 0 Å². The zero-order chi connectivity index (χ0) is 22.4. The third-order valence-electron chi connectivity index (χ3n) is 6.62. The Balaban J connectivity index is 1.62. The molecule has 0 aromatic heterocycles. The number of amides is 3. The second-order valence-electron chi connectivity index (χ2n) is 8.24. The summed E-state index contributed by atoms with van der Waals surface area (Å²) in [4.78, 5) is 54.2. The van der Waals surface area contributed by atoms with Crippen molar-refractivity contribution < 1.29 is 23.9 Å². The molecule has 0 aliphatic carbocycles. The maximum absolute atomic E-state index is 14.0. The van der Waals surface area contributed by atoms with Gasteiger partial charge in [-0.3, -0.25) is 24.3 Å². The number of ether oxygens (including phenoxy) is 1. The molecule has 5 rings (SSSR count). The van der Waals surface area contributed by atoms with Crippen LogP contribution >= 0.6 is 0 Å². The van der Waals surface area contributed by atoms with Gasteiger partial charge in [0.1, 0.15) is 12.1 Å². The van der Waals surface area contributed by atoms with Crippen LogP contribution in [-0.2, 0) is 14.3 Å². The van der Waals surface area contributed by atoms with E-state index in [0.29, 0.717) is 37.1 Å². The molecular weight excluding hydrogens is 410 g/mol. The minimum absolute atomic E-state index is 0.296. The number of nitrogens with zero attached hydrogens (tertiary/aromatic N) is 3. The van der Waals surface area contributed by atoms with Gasteiger partial charge in [-0.1, -0.05) is 42.5 Å². The highest BCUT2D eigenvalue weighted by Gasteiger charge is 2.53. The van der Waals surface area contributed by atoms with Crippen molar-refractivity contribution in [2.75, 3.05) is 20.2 Å². The molecule has 3 atom stereocenters. The van der Waals surface area contributed by atoms with Gasteiger partial charge in [-0.2, -0.15) is 0 Å². The fourth-order valence-corrected chi connectivity index (χ4v) is 5.12. The molecule has 32 heavy (non-hydrogen) atoms. The maximum Gasteiger partial charge on any atom is 0.330 e. The molecule has 164 valence electrons. The molecule has 2 aromatic carbocycles. The molecular formula is C24H23N3O5. The van der Waals surface area contributed by atoms with Crippen LogP contribution in [0.15, 0.2) is 54.6 Å². The van der Waals surface area contributed by atoms with Crippen molar-refractivity contribution in [3.8, 4) is 0 Å². The Kier molecular flexibility index (Phi) is 5.01. The van der Waals surface area contributed by atoms with Gasteiger partial charge in [-0.15, -0.1) is 0 Å². The van der Waals surface area contributed by atoms with Crippen LogP contribution in [0.1, 0.15) is 45.0 Å². The first kappa shape index (κ1) is 20.4. The lowest BCUT2D eigenvalue weighted by atomic mass is 9.87. The molecule has 2 fully saturated rings. The van der Waals surface area contributed by atoms with Gasteiger partial charge in [-0.25, -0.2) is 9.80 Å². The second-order valence-corrected chi connectivity index (χ2v) is 8.24. The maximum atomic E-state index is 14.0. The average molecular weight is 433 g/mol. The molecule has 8 nitrogen and oxygen atoms in total. The van der Waals surface area contributed by atoms with Crippen molar-refractivity contribution in [1.82, 2.24) is 14.9 Å². The molecule has 3 amide bonds. The zero-order valence-electron chi connectivity index (χ0n) is 17.6. The van der Waals surface area contributed by atoms with Gasteiger partial charge >= 0.3 is 5.97 Å². The van der Waals surface area contributed by atoms with Crippen molar-refractivity contribution in [1.29, 1.82) is 0 Å². The van der Waals surface area contributed by atoms with E-state index in [-0.39, 0.29) is 0 Å². The molecule has 8 heteroatoms. The van der Waals surface area contributed by atoms with E-state index in [0.717, 1.165) is 10.5 Å². The monoisotopic (exact) mass is 433 g/mol. The third kappa shape index (κ3) is 3.02. The average Bonchev–Trinajstić information content (AvgIpc) is 3.31. The van der Waals surface area contributed by atoms with Crippen molar-refractivity contribution in [2.45, 2.75) is 30.8 Å². The first-order valence-corrected chi connectivity index (χ1v) is 10.7. The number of rotatable bonds is 3. The van der Waals surface area contributed by atoms with Gasteiger partial charge in [-0.05, 0) is 30.5 Å². The molecule has 0 saturated carbocycles. The molecule has 0 bridgehead atoms. The second kappa shape index (κ2) is 7.87. The van der Waals surface area contributed by atoms with Crippen molar-refractivity contribution in [3.05, 3.63) is 71.3 Å². The lowest BCUT2D eigenvalue weighted by Gasteiger charge is -2.35. The predicted molar refractivity (Wildman–Crippen MR) is 113 cm³/mol. The Labute approximate surface area is 185 Å². The van der Waals surface area contributed by atoms with Crippen LogP contribution < -0.4 is 0 Å². The van der Waals surface area contributed by atoms with Gasteiger partial charge in [0.05, 0.1) is 18.2 Å². The quantitative estimate of drug-likeness (QED) is 0.542. The number of hydrogen-bond donors (Lipinski definition) is 0. The number of fused-ring (bicyclic) bond motifs is 2. The number of hydrazine groups is 1. The number of carbonyl (C=O) groups is 4. The van der Waals surface area contributed by atoms with Crippen LogP contribution in [0.4, 0.5) is 0 Å². The Morgan fingerprint density at radius 2 is 1.47 bits per heavy atom. The van der Waals surface area contributed by atoms with Crippen molar-refractivity contribution >= 4 is 23.7 Å². The lowest BCUT2D eigenvalue weighted by molar-refractivity contribution is -0.162. The number of benzene rings is 2. The molecule has 0 spiro atoms. The largest absolute Gasteiger partial charge is 0.467 e. The predicted octanol–water partition coefficient (Wildman–Crippen LogP) is 1.83. The van der Waals surface area contributed by atoms with E-state index >= 15 is 0 Å². The number of carbonyl (C=O) groups excluding carboxylic acids is 4. The highest BCUT2D eigenvalue weighted by atomic mass is 16.5. The highest BCUT2D eigenvalue weighted by molar-refractivity contribution is 6.23. The summed E-state index contributed by atoms with van der Waals surface area (Å²) >= 11 is 0. The summed E-state index contributed by atoms with van der Waals surface area (Å²) in [6.07, 6.45) is 1.00. The fraction of sp³-hybridized carbons (Fsp3) is 0.333. The van der Waals surface area contributed by atoms with Crippen molar-refractivity contribution in [3.63, 3.8) is 0 Å². The number of esters is 1. The summed E-state index contributed by atoms with van der Waals surface area (Å²) in [6.45, 7) is 1.06. The molecule has 2 aromatic rings. The highest BCUT2D eigenvalue weighted by Crippen LogP contribution is 2.38. The molecule has 3 aliphatic rings. The van der Waals surface area contributed by atoms with E-state index in [9.17, 15) is 19.2 Å². The van der Waals surface area contributed by atoms with Crippen LogP contribution in [0.5, 0.6) is 0 Å². The SMILES string of the molecule is COC(=O)[C@@H]1CCN2CC[C@@H](c3ccccc3)[C@H](N3C(=O)c4ccccc4C3=O)C(=O)N12. The van der Waals surface area contributed by atoms with Crippen LogP contribution in [0.3, 0.4) is 0 Å². The van der Waals surface area contributed by atoms with Gasteiger partial charge in [0, 0.05) is 19.0 Å². The van der Waals surface area contributed by atoms with Gasteiger partial charge in [0.2, 0.25) is 0 Å². The molecule has 0 radical (unpaired) electrons. The molecule has 2 saturated heterocycles. The molecule has 0 N–H and O–H groups in total. The van der Waals surface area contributed by atoms with E-state index < -0.39 is 41.7 Å². The number of imide groups is 1. The van der Waals surface area contributed by atoms with Crippen LogP contribution in [0, 0.1) is 0 Å². The van der Waals surface area contributed by atoms with E-state index in [4.69, 9.17) is 4.74 Å². The summed E-state index contributed by atoms with van der Waals surface area (Å²) in [5, 5.41) is 3.26. The smallest absolute Gasteiger partial charge is 0.330 e.